The first kappa shape index (κ1) is 18.2. The van der Waals surface area contributed by atoms with Crippen LogP contribution in [0.5, 0.6) is 11.5 Å². The van der Waals surface area contributed by atoms with E-state index in [1.54, 1.807) is 52.5 Å². The minimum atomic E-state index is -0.221. The lowest BCUT2D eigenvalue weighted by molar-refractivity contribution is 0.0530. The molecular weight excluding hydrogens is 388 g/mol. The van der Waals surface area contributed by atoms with Crippen LogP contribution in [0, 0.1) is 0 Å². The van der Waals surface area contributed by atoms with E-state index < -0.39 is 0 Å². The highest BCUT2D eigenvalue weighted by Gasteiger charge is 2.27. The van der Waals surface area contributed by atoms with Gasteiger partial charge in [-0.3, -0.25) is 14.6 Å². The average Bonchev–Trinajstić information content (AvgIpc) is 3.48. The Kier molecular flexibility index (Phi) is 4.55. The number of rotatable bonds is 3. The van der Waals surface area contributed by atoms with Crippen molar-refractivity contribution in [1.29, 1.82) is 0 Å². The number of fused-ring (bicyclic) bond motifs is 1. The molecule has 1 fully saturated rings. The Balaban J connectivity index is 1.24. The standard InChI is InChI=1S/C21H18N4O5/c26-20(14-3-5-22-6-4-14)24-7-9-25(10-8-24)21(27)16-12-18(30-23-16)15-1-2-17-19(11-15)29-13-28-17/h1-6,11-12H,7-10,13H2. The molecule has 0 unspecified atom stereocenters. The van der Waals surface area contributed by atoms with Crippen molar-refractivity contribution < 1.29 is 23.6 Å². The summed E-state index contributed by atoms with van der Waals surface area (Å²) >= 11 is 0. The number of carbonyl (C=O) groups is 2. The van der Waals surface area contributed by atoms with Gasteiger partial charge in [-0.25, -0.2) is 0 Å². The van der Waals surface area contributed by atoms with Crippen LogP contribution in [0.15, 0.2) is 53.3 Å². The van der Waals surface area contributed by atoms with E-state index in [1.807, 2.05) is 6.07 Å². The Labute approximate surface area is 171 Å². The second kappa shape index (κ2) is 7.51. The van der Waals surface area contributed by atoms with Crippen molar-refractivity contribution in [2.45, 2.75) is 0 Å². The summed E-state index contributed by atoms with van der Waals surface area (Å²) in [7, 11) is 0. The summed E-state index contributed by atoms with van der Waals surface area (Å²) < 4.78 is 16.1. The normalized spacial score (nSPS) is 15.3. The minimum Gasteiger partial charge on any atom is -0.454 e. The molecule has 0 atom stereocenters. The number of piperazine rings is 1. The van der Waals surface area contributed by atoms with Crippen LogP contribution in [0.2, 0.25) is 0 Å². The molecule has 0 saturated carbocycles. The Morgan fingerprint density at radius 3 is 2.30 bits per heavy atom. The number of ether oxygens (including phenoxy) is 2. The smallest absolute Gasteiger partial charge is 0.276 e. The quantitative estimate of drug-likeness (QED) is 0.657. The van der Waals surface area contributed by atoms with E-state index in [2.05, 4.69) is 10.1 Å². The highest BCUT2D eigenvalue weighted by atomic mass is 16.7. The maximum absolute atomic E-state index is 12.8. The molecule has 0 spiro atoms. The SMILES string of the molecule is O=C(c1ccncc1)N1CCN(C(=O)c2cc(-c3ccc4c(c3)OCO4)on2)CC1. The molecule has 3 aromatic rings. The topological polar surface area (TPSA) is 98.0 Å². The van der Waals surface area contributed by atoms with Gasteiger partial charge in [-0.2, -0.15) is 0 Å². The maximum Gasteiger partial charge on any atom is 0.276 e. The van der Waals surface area contributed by atoms with Crippen LogP contribution in [0.4, 0.5) is 0 Å². The summed E-state index contributed by atoms with van der Waals surface area (Å²) in [5.74, 6) is 1.50. The van der Waals surface area contributed by atoms with E-state index >= 15 is 0 Å². The first-order chi connectivity index (χ1) is 14.7. The highest BCUT2D eigenvalue weighted by Crippen LogP contribution is 2.36. The van der Waals surface area contributed by atoms with Gasteiger partial charge in [-0.1, -0.05) is 5.16 Å². The fourth-order valence-corrected chi connectivity index (χ4v) is 3.51. The largest absolute Gasteiger partial charge is 0.454 e. The predicted octanol–water partition coefficient (Wildman–Crippen LogP) is 2.06. The molecule has 9 heteroatoms. The molecule has 1 aromatic carbocycles. The van der Waals surface area contributed by atoms with E-state index in [-0.39, 0.29) is 24.3 Å². The lowest BCUT2D eigenvalue weighted by Gasteiger charge is -2.34. The number of hydrogen-bond acceptors (Lipinski definition) is 7. The highest BCUT2D eigenvalue weighted by molar-refractivity contribution is 5.95. The van der Waals surface area contributed by atoms with Crippen molar-refractivity contribution in [3.8, 4) is 22.8 Å². The number of aromatic nitrogens is 2. The number of hydrogen-bond donors (Lipinski definition) is 0. The summed E-state index contributed by atoms with van der Waals surface area (Å²) in [5.41, 5.74) is 1.57. The van der Waals surface area contributed by atoms with Gasteiger partial charge in [0.25, 0.3) is 11.8 Å². The van der Waals surface area contributed by atoms with E-state index in [9.17, 15) is 9.59 Å². The van der Waals surface area contributed by atoms with Gasteiger partial charge in [-0.15, -0.1) is 0 Å². The van der Waals surface area contributed by atoms with Gasteiger partial charge in [0.1, 0.15) is 0 Å². The number of nitrogens with zero attached hydrogens (tertiary/aromatic N) is 4. The fraction of sp³-hybridized carbons (Fsp3) is 0.238. The van der Waals surface area contributed by atoms with Crippen LogP contribution in [-0.2, 0) is 0 Å². The second-order valence-corrected chi connectivity index (χ2v) is 6.96. The number of pyridine rings is 1. The molecule has 9 nitrogen and oxygen atoms in total. The van der Waals surface area contributed by atoms with Gasteiger partial charge < -0.3 is 23.8 Å². The molecule has 0 radical (unpaired) electrons. The Morgan fingerprint density at radius 2 is 1.53 bits per heavy atom. The van der Waals surface area contributed by atoms with Gasteiger partial charge in [-0.05, 0) is 30.3 Å². The van der Waals surface area contributed by atoms with Crippen LogP contribution >= 0.6 is 0 Å². The van der Waals surface area contributed by atoms with E-state index in [1.165, 1.54) is 0 Å². The van der Waals surface area contributed by atoms with Gasteiger partial charge in [0, 0.05) is 55.8 Å². The molecule has 2 amide bonds. The first-order valence-corrected chi connectivity index (χ1v) is 9.54. The van der Waals surface area contributed by atoms with E-state index in [0.29, 0.717) is 49.0 Å². The Hall–Kier alpha value is -3.88. The number of benzene rings is 1. The lowest BCUT2D eigenvalue weighted by Crippen LogP contribution is -2.50. The molecule has 2 aliphatic heterocycles. The van der Waals surface area contributed by atoms with Gasteiger partial charge >= 0.3 is 0 Å². The van der Waals surface area contributed by atoms with Crippen LogP contribution in [0.25, 0.3) is 11.3 Å². The third-order valence-corrected chi connectivity index (χ3v) is 5.17. The second-order valence-electron chi connectivity index (χ2n) is 6.96. The van der Waals surface area contributed by atoms with Crippen LogP contribution in [0.1, 0.15) is 20.8 Å². The monoisotopic (exact) mass is 406 g/mol. The zero-order chi connectivity index (χ0) is 20.5. The molecule has 2 aromatic heterocycles. The summed E-state index contributed by atoms with van der Waals surface area (Å²) in [6, 6.07) is 10.4. The van der Waals surface area contributed by atoms with Gasteiger partial charge in [0.2, 0.25) is 6.79 Å². The van der Waals surface area contributed by atoms with Crippen LogP contribution < -0.4 is 9.47 Å². The molecule has 1 saturated heterocycles. The van der Waals surface area contributed by atoms with Gasteiger partial charge in [0.15, 0.2) is 23.0 Å². The molecule has 0 N–H and O–H groups in total. The molecular formula is C21H18N4O5. The Bertz CT molecular complexity index is 1090. The van der Waals surface area contributed by atoms with Crippen molar-refractivity contribution in [2.75, 3.05) is 33.0 Å². The van der Waals surface area contributed by atoms with Crippen molar-refractivity contribution in [3.05, 3.63) is 60.0 Å². The number of carbonyl (C=O) groups excluding carboxylic acids is 2. The molecule has 5 rings (SSSR count). The Morgan fingerprint density at radius 1 is 0.833 bits per heavy atom. The lowest BCUT2D eigenvalue weighted by atomic mass is 10.1. The zero-order valence-corrected chi connectivity index (χ0v) is 16.0. The third-order valence-electron chi connectivity index (χ3n) is 5.17. The van der Waals surface area contributed by atoms with Crippen LogP contribution in [-0.4, -0.2) is 64.7 Å². The molecule has 30 heavy (non-hydrogen) atoms. The third kappa shape index (κ3) is 3.34. The summed E-state index contributed by atoms with van der Waals surface area (Å²) in [6.07, 6.45) is 3.19. The average molecular weight is 406 g/mol. The summed E-state index contributed by atoms with van der Waals surface area (Å²) in [6.45, 7) is 1.97. The number of amides is 2. The molecule has 0 bridgehead atoms. The van der Waals surface area contributed by atoms with Crippen molar-refractivity contribution in [3.63, 3.8) is 0 Å². The maximum atomic E-state index is 12.8. The molecule has 4 heterocycles. The summed E-state index contributed by atoms with van der Waals surface area (Å²) in [5, 5.41) is 3.94. The molecule has 152 valence electrons. The molecule has 2 aliphatic rings. The first-order valence-electron chi connectivity index (χ1n) is 9.54. The van der Waals surface area contributed by atoms with Crippen molar-refractivity contribution >= 4 is 11.8 Å². The van der Waals surface area contributed by atoms with Gasteiger partial charge in [0.05, 0.1) is 0 Å². The fourth-order valence-electron chi connectivity index (χ4n) is 3.51. The predicted molar refractivity (Wildman–Crippen MR) is 104 cm³/mol. The van der Waals surface area contributed by atoms with Crippen molar-refractivity contribution in [1.82, 2.24) is 19.9 Å². The molecule has 0 aliphatic carbocycles. The van der Waals surface area contributed by atoms with Crippen LogP contribution in [0.3, 0.4) is 0 Å². The summed E-state index contributed by atoms with van der Waals surface area (Å²) in [4.78, 5) is 32.7. The van der Waals surface area contributed by atoms with E-state index in [4.69, 9.17) is 14.0 Å². The zero-order valence-electron chi connectivity index (χ0n) is 16.0. The van der Waals surface area contributed by atoms with Crippen molar-refractivity contribution in [2.24, 2.45) is 0 Å². The minimum absolute atomic E-state index is 0.0592. The van der Waals surface area contributed by atoms with E-state index in [0.717, 1.165) is 5.56 Å².